The Balaban J connectivity index is 2.25. The van der Waals surface area contributed by atoms with Gasteiger partial charge in [-0.2, -0.15) is 0 Å². The molecule has 0 saturated heterocycles. The predicted molar refractivity (Wildman–Crippen MR) is 87.0 cm³/mol. The highest BCUT2D eigenvalue weighted by Gasteiger charge is 2.19. The molecule has 0 atom stereocenters. The van der Waals surface area contributed by atoms with Crippen molar-refractivity contribution in [1.29, 1.82) is 0 Å². The first-order valence-electron chi connectivity index (χ1n) is 7.20. The van der Waals surface area contributed by atoms with Crippen molar-refractivity contribution >= 4 is 11.6 Å². The minimum absolute atomic E-state index is 0.0144. The molecule has 1 amide bonds. The highest BCUT2D eigenvalue weighted by Crippen LogP contribution is 2.17. The van der Waals surface area contributed by atoms with E-state index >= 15 is 0 Å². The monoisotopic (exact) mass is 282 g/mol. The Hall–Kier alpha value is -2.29. The summed E-state index contributed by atoms with van der Waals surface area (Å²) in [5, 5.41) is 0. The Bertz CT molecular complexity index is 620. The van der Waals surface area contributed by atoms with E-state index in [0.717, 1.165) is 11.1 Å². The van der Waals surface area contributed by atoms with E-state index in [2.05, 4.69) is 0 Å². The van der Waals surface area contributed by atoms with E-state index in [1.807, 2.05) is 68.1 Å². The van der Waals surface area contributed by atoms with Crippen molar-refractivity contribution in [2.75, 3.05) is 5.73 Å². The highest BCUT2D eigenvalue weighted by molar-refractivity contribution is 5.95. The molecule has 2 N–H and O–H groups in total. The first kappa shape index (κ1) is 15.1. The SMILES string of the molecule is Cc1ccc(C(=O)N(Cc2ccccc2)C(C)C)cc1N. The van der Waals surface area contributed by atoms with E-state index in [4.69, 9.17) is 5.73 Å². The van der Waals surface area contributed by atoms with Gasteiger partial charge in [-0.1, -0.05) is 36.4 Å². The summed E-state index contributed by atoms with van der Waals surface area (Å²) in [6, 6.07) is 15.6. The summed E-state index contributed by atoms with van der Waals surface area (Å²) in [4.78, 5) is 14.6. The van der Waals surface area contributed by atoms with Gasteiger partial charge in [0.2, 0.25) is 0 Å². The van der Waals surface area contributed by atoms with Crippen LogP contribution < -0.4 is 5.73 Å². The molecule has 3 nitrogen and oxygen atoms in total. The zero-order valence-electron chi connectivity index (χ0n) is 12.8. The minimum atomic E-state index is 0.0144. The van der Waals surface area contributed by atoms with Crippen molar-refractivity contribution in [3.05, 3.63) is 65.2 Å². The van der Waals surface area contributed by atoms with Gasteiger partial charge in [0.15, 0.2) is 0 Å². The summed E-state index contributed by atoms with van der Waals surface area (Å²) in [6.07, 6.45) is 0. The van der Waals surface area contributed by atoms with Crippen LogP contribution in [0.1, 0.15) is 35.3 Å². The van der Waals surface area contributed by atoms with E-state index in [9.17, 15) is 4.79 Å². The number of benzene rings is 2. The van der Waals surface area contributed by atoms with Crippen LogP contribution in [0.25, 0.3) is 0 Å². The van der Waals surface area contributed by atoms with Gasteiger partial charge in [0, 0.05) is 23.8 Å². The minimum Gasteiger partial charge on any atom is -0.398 e. The summed E-state index contributed by atoms with van der Waals surface area (Å²) in [6.45, 7) is 6.59. The van der Waals surface area contributed by atoms with Gasteiger partial charge in [-0.15, -0.1) is 0 Å². The average Bonchev–Trinajstić information content (AvgIpc) is 2.47. The molecule has 0 aliphatic heterocycles. The first-order valence-corrected chi connectivity index (χ1v) is 7.20. The van der Waals surface area contributed by atoms with Gasteiger partial charge in [0.25, 0.3) is 5.91 Å². The van der Waals surface area contributed by atoms with Crippen LogP contribution >= 0.6 is 0 Å². The number of carbonyl (C=O) groups excluding carboxylic acids is 1. The average molecular weight is 282 g/mol. The molecule has 0 aromatic heterocycles. The standard InChI is InChI=1S/C18H22N2O/c1-13(2)20(12-15-7-5-4-6-8-15)18(21)16-10-9-14(3)17(19)11-16/h4-11,13H,12,19H2,1-3H3. The fourth-order valence-corrected chi connectivity index (χ4v) is 2.21. The maximum atomic E-state index is 12.7. The molecular weight excluding hydrogens is 260 g/mol. The van der Waals surface area contributed by atoms with E-state index < -0.39 is 0 Å². The maximum absolute atomic E-state index is 12.7. The van der Waals surface area contributed by atoms with Crippen molar-refractivity contribution < 1.29 is 4.79 Å². The fraction of sp³-hybridized carbons (Fsp3) is 0.278. The highest BCUT2D eigenvalue weighted by atomic mass is 16.2. The number of nitrogens with zero attached hydrogens (tertiary/aromatic N) is 1. The second-order valence-corrected chi connectivity index (χ2v) is 5.58. The number of amides is 1. The van der Waals surface area contributed by atoms with Gasteiger partial charge in [-0.25, -0.2) is 0 Å². The zero-order valence-corrected chi connectivity index (χ0v) is 12.8. The van der Waals surface area contributed by atoms with Gasteiger partial charge in [-0.3, -0.25) is 4.79 Å². The Morgan fingerprint density at radius 2 is 1.81 bits per heavy atom. The Morgan fingerprint density at radius 1 is 1.14 bits per heavy atom. The van der Waals surface area contributed by atoms with Gasteiger partial charge in [-0.05, 0) is 44.0 Å². The number of carbonyl (C=O) groups is 1. The van der Waals surface area contributed by atoms with E-state index in [0.29, 0.717) is 17.8 Å². The first-order chi connectivity index (χ1) is 9.99. The van der Waals surface area contributed by atoms with Crippen molar-refractivity contribution in [3.63, 3.8) is 0 Å². The maximum Gasteiger partial charge on any atom is 0.254 e. The van der Waals surface area contributed by atoms with Crippen molar-refractivity contribution in [2.45, 2.75) is 33.4 Å². The predicted octanol–water partition coefficient (Wildman–Crippen LogP) is 3.63. The van der Waals surface area contributed by atoms with Crippen LogP contribution in [0, 0.1) is 6.92 Å². The summed E-state index contributed by atoms with van der Waals surface area (Å²) in [7, 11) is 0. The third-order valence-electron chi connectivity index (χ3n) is 3.61. The number of hydrogen-bond donors (Lipinski definition) is 1. The molecule has 0 saturated carbocycles. The topological polar surface area (TPSA) is 46.3 Å². The Labute approximate surface area is 126 Å². The van der Waals surface area contributed by atoms with Crippen LogP contribution in [0.2, 0.25) is 0 Å². The number of hydrogen-bond acceptors (Lipinski definition) is 2. The van der Waals surface area contributed by atoms with E-state index in [-0.39, 0.29) is 11.9 Å². The molecule has 0 radical (unpaired) electrons. The lowest BCUT2D eigenvalue weighted by molar-refractivity contribution is 0.0690. The van der Waals surface area contributed by atoms with Gasteiger partial charge < -0.3 is 10.6 Å². The van der Waals surface area contributed by atoms with Crippen LogP contribution in [0.4, 0.5) is 5.69 Å². The second-order valence-electron chi connectivity index (χ2n) is 5.58. The molecule has 2 aromatic rings. The molecule has 0 heterocycles. The van der Waals surface area contributed by atoms with Crippen LogP contribution in [0.3, 0.4) is 0 Å². The molecule has 21 heavy (non-hydrogen) atoms. The third kappa shape index (κ3) is 3.63. The lowest BCUT2D eigenvalue weighted by atomic mass is 10.1. The molecule has 3 heteroatoms. The van der Waals surface area contributed by atoms with E-state index in [1.54, 1.807) is 6.07 Å². The quantitative estimate of drug-likeness (QED) is 0.870. The third-order valence-corrected chi connectivity index (χ3v) is 3.61. The summed E-state index contributed by atoms with van der Waals surface area (Å²) in [5.74, 6) is 0.0144. The number of rotatable bonds is 4. The number of anilines is 1. The van der Waals surface area contributed by atoms with Crippen LogP contribution in [0.5, 0.6) is 0 Å². The zero-order chi connectivity index (χ0) is 15.4. The molecule has 2 rings (SSSR count). The summed E-state index contributed by atoms with van der Waals surface area (Å²) in [5.41, 5.74) is 9.33. The normalized spacial score (nSPS) is 10.7. The largest absolute Gasteiger partial charge is 0.398 e. The Kier molecular flexibility index (Phi) is 4.63. The van der Waals surface area contributed by atoms with Gasteiger partial charge in [0.05, 0.1) is 0 Å². The van der Waals surface area contributed by atoms with Gasteiger partial charge >= 0.3 is 0 Å². The molecule has 0 fully saturated rings. The summed E-state index contributed by atoms with van der Waals surface area (Å²) < 4.78 is 0. The molecular formula is C18H22N2O. The van der Waals surface area contributed by atoms with Crippen molar-refractivity contribution in [3.8, 4) is 0 Å². The Morgan fingerprint density at radius 3 is 2.38 bits per heavy atom. The van der Waals surface area contributed by atoms with Crippen LogP contribution in [0.15, 0.2) is 48.5 Å². The molecule has 0 aliphatic rings. The van der Waals surface area contributed by atoms with Gasteiger partial charge in [0.1, 0.15) is 0 Å². The van der Waals surface area contributed by atoms with Crippen molar-refractivity contribution in [1.82, 2.24) is 4.90 Å². The van der Waals surface area contributed by atoms with Crippen LogP contribution in [-0.2, 0) is 6.54 Å². The molecule has 110 valence electrons. The number of aryl methyl sites for hydroxylation is 1. The fourth-order valence-electron chi connectivity index (χ4n) is 2.21. The number of nitrogens with two attached hydrogens (primary N) is 1. The van der Waals surface area contributed by atoms with E-state index in [1.165, 1.54) is 0 Å². The summed E-state index contributed by atoms with van der Waals surface area (Å²) >= 11 is 0. The van der Waals surface area contributed by atoms with Crippen molar-refractivity contribution in [2.24, 2.45) is 0 Å². The van der Waals surface area contributed by atoms with Crippen LogP contribution in [-0.4, -0.2) is 16.8 Å². The molecule has 0 spiro atoms. The lowest BCUT2D eigenvalue weighted by Gasteiger charge is -2.27. The molecule has 0 aliphatic carbocycles. The lowest BCUT2D eigenvalue weighted by Crippen LogP contribution is -2.36. The second kappa shape index (κ2) is 6.44. The molecule has 2 aromatic carbocycles. The number of nitrogen functional groups attached to an aromatic ring is 1. The molecule has 0 bridgehead atoms. The molecule has 0 unspecified atom stereocenters. The smallest absolute Gasteiger partial charge is 0.254 e.